The number of hydrogen-bond donors (Lipinski definition) is 0. The van der Waals surface area contributed by atoms with E-state index in [2.05, 4.69) is 18.7 Å². The van der Waals surface area contributed by atoms with Gasteiger partial charge in [-0.2, -0.15) is 0 Å². The Bertz CT molecular complexity index is 294. The molecule has 1 aliphatic carbocycles. The van der Waals surface area contributed by atoms with Crippen LogP contribution in [0.2, 0.25) is 0 Å². The molecular weight excluding hydrogens is 226 g/mol. The molecule has 0 heterocycles. The van der Waals surface area contributed by atoms with Gasteiger partial charge in [0.1, 0.15) is 0 Å². The third kappa shape index (κ3) is 4.80. The van der Waals surface area contributed by atoms with Crippen molar-refractivity contribution in [2.75, 3.05) is 12.3 Å². The van der Waals surface area contributed by atoms with E-state index in [9.17, 15) is 13.0 Å². The SMILES string of the molecule is CC(C)N(CCS(=O)(=O)[O-])C1CCCCC1. The van der Waals surface area contributed by atoms with Gasteiger partial charge < -0.3 is 4.55 Å². The van der Waals surface area contributed by atoms with Gasteiger partial charge in [-0.05, 0) is 26.7 Å². The van der Waals surface area contributed by atoms with Crippen LogP contribution in [0.1, 0.15) is 46.0 Å². The van der Waals surface area contributed by atoms with Crippen LogP contribution in [-0.4, -0.2) is 42.3 Å². The maximum absolute atomic E-state index is 10.7. The Labute approximate surface area is 98.8 Å². The van der Waals surface area contributed by atoms with Crippen molar-refractivity contribution in [2.24, 2.45) is 0 Å². The molecule has 0 unspecified atom stereocenters. The second kappa shape index (κ2) is 5.98. The van der Waals surface area contributed by atoms with Crippen molar-refractivity contribution in [3.05, 3.63) is 0 Å². The van der Waals surface area contributed by atoms with E-state index >= 15 is 0 Å². The summed E-state index contributed by atoms with van der Waals surface area (Å²) in [6.45, 7) is 4.51. The van der Waals surface area contributed by atoms with Gasteiger partial charge >= 0.3 is 0 Å². The lowest BCUT2D eigenvalue weighted by Gasteiger charge is -2.37. The van der Waals surface area contributed by atoms with E-state index < -0.39 is 10.1 Å². The van der Waals surface area contributed by atoms with Crippen LogP contribution in [0.15, 0.2) is 0 Å². The Kier molecular flexibility index (Phi) is 5.21. The molecule has 0 aromatic carbocycles. The Morgan fingerprint density at radius 1 is 1.25 bits per heavy atom. The molecule has 1 rings (SSSR count). The zero-order chi connectivity index (χ0) is 12.2. The van der Waals surface area contributed by atoms with Gasteiger partial charge in [0.25, 0.3) is 0 Å². The molecule has 0 amide bonds. The topological polar surface area (TPSA) is 60.4 Å². The maximum atomic E-state index is 10.7. The molecule has 5 heteroatoms. The molecule has 4 nitrogen and oxygen atoms in total. The van der Waals surface area contributed by atoms with Crippen LogP contribution in [0.3, 0.4) is 0 Å². The predicted octanol–water partition coefficient (Wildman–Crippen LogP) is 1.57. The van der Waals surface area contributed by atoms with Crippen LogP contribution >= 0.6 is 0 Å². The molecule has 0 aromatic heterocycles. The van der Waals surface area contributed by atoms with Gasteiger partial charge in [0.05, 0.1) is 15.9 Å². The first-order chi connectivity index (χ1) is 7.40. The fourth-order valence-corrected chi connectivity index (χ4v) is 2.93. The quantitative estimate of drug-likeness (QED) is 0.693. The second-order valence-electron chi connectivity index (χ2n) is 4.89. The molecule has 0 aromatic rings. The highest BCUT2D eigenvalue weighted by Gasteiger charge is 2.23. The number of rotatable bonds is 5. The van der Waals surface area contributed by atoms with Crippen molar-refractivity contribution in [1.82, 2.24) is 4.90 Å². The minimum absolute atomic E-state index is 0.262. The lowest BCUT2D eigenvalue weighted by molar-refractivity contribution is 0.128. The van der Waals surface area contributed by atoms with Crippen LogP contribution in [-0.2, 0) is 10.1 Å². The lowest BCUT2D eigenvalue weighted by Crippen LogP contribution is -2.44. The fraction of sp³-hybridized carbons (Fsp3) is 1.00. The Morgan fingerprint density at radius 2 is 1.81 bits per heavy atom. The van der Waals surface area contributed by atoms with Crippen molar-refractivity contribution in [1.29, 1.82) is 0 Å². The maximum Gasteiger partial charge on any atom is 0.0958 e. The highest BCUT2D eigenvalue weighted by atomic mass is 32.2. The summed E-state index contributed by atoms with van der Waals surface area (Å²) in [6.07, 6.45) is 5.99. The van der Waals surface area contributed by atoms with E-state index in [-0.39, 0.29) is 5.75 Å². The van der Waals surface area contributed by atoms with E-state index in [1.807, 2.05) is 0 Å². The highest BCUT2D eigenvalue weighted by Crippen LogP contribution is 2.23. The standard InChI is InChI=1S/C11H23NO3S/c1-10(2)12(8-9-16(13,14)15)11-6-4-3-5-7-11/h10-11H,3-9H2,1-2H3,(H,13,14,15)/p-1. The minimum Gasteiger partial charge on any atom is -0.748 e. The summed E-state index contributed by atoms with van der Waals surface area (Å²) >= 11 is 0. The third-order valence-electron chi connectivity index (χ3n) is 3.31. The van der Waals surface area contributed by atoms with E-state index in [0.717, 1.165) is 12.8 Å². The average molecular weight is 248 g/mol. The molecule has 0 N–H and O–H groups in total. The Morgan fingerprint density at radius 3 is 2.25 bits per heavy atom. The summed E-state index contributed by atoms with van der Waals surface area (Å²) in [5, 5.41) is 0. The van der Waals surface area contributed by atoms with Crippen LogP contribution in [0.25, 0.3) is 0 Å². The zero-order valence-electron chi connectivity index (χ0n) is 10.2. The summed E-state index contributed by atoms with van der Waals surface area (Å²) in [5.41, 5.74) is 0. The first-order valence-corrected chi connectivity index (χ1v) is 7.67. The molecule has 0 radical (unpaired) electrons. The molecule has 96 valence electrons. The van der Waals surface area contributed by atoms with E-state index in [4.69, 9.17) is 0 Å². The second-order valence-corrected chi connectivity index (χ2v) is 6.41. The summed E-state index contributed by atoms with van der Waals surface area (Å²) in [4.78, 5) is 2.18. The summed E-state index contributed by atoms with van der Waals surface area (Å²) in [6, 6.07) is 0.778. The molecule has 1 aliphatic rings. The van der Waals surface area contributed by atoms with E-state index in [0.29, 0.717) is 18.6 Å². The predicted molar refractivity (Wildman–Crippen MR) is 63.3 cm³/mol. The first kappa shape index (κ1) is 13.9. The molecule has 1 fully saturated rings. The van der Waals surface area contributed by atoms with Gasteiger partial charge in [0, 0.05) is 18.6 Å². The van der Waals surface area contributed by atoms with Crippen molar-refractivity contribution in [3.8, 4) is 0 Å². The van der Waals surface area contributed by atoms with Crippen molar-refractivity contribution < 1.29 is 13.0 Å². The molecular formula is C11H22NO3S-. The Balaban J connectivity index is 2.52. The van der Waals surface area contributed by atoms with Gasteiger partial charge in [-0.25, -0.2) is 8.42 Å². The molecule has 0 bridgehead atoms. The van der Waals surface area contributed by atoms with Crippen LogP contribution in [0, 0.1) is 0 Å². The summed E-state index contributed by atoms with van der Waals surface area (Å²) in [5.74, 6) is -0.262. The molecule has 0 atom stereocenters. The highest BCUT2D eigenvalue weighted by molar-refractivity contribution is 7.85. The normalized spacial score (nSPS) is 19.6. The van der Waals surface area contributed by atoms with Crippen molar-refractivity contribution in [2.45, 2.75) is 58.0 Å². The van der Waals surface area contributed by atoms with Crippen LogP contribution in [0.5, 0.6) is 0 Å². The fourth-order valence-electron chi connectivity index (χ4n) is 2.49. The monoisotopic (exact) mass is 248 g/mol. The molecule has 16 heavy (non-hydrogen) atoms. The molecule has 0 saturated heterocycles. The molecule has 1 saturated carbocycles. The minimum atomic E-state index is -4.08. The molecule has 0 aliphatic heterocycles. The van der Waals surface area contributed by atoms with Gasteiger partial charge in [0.15, 0.2) is 0 Å². The van der Waals surface area contributed by atoms with Crippen molar-refractivity contribution >= 4 is 10.1 Å². The van der Waals surface area contributed by atoms with Gasteiger partial charge in [-0.1, -0.05) is 19.3 Å². The van der Waals surface area contributed by atoms with Gasteiger partial charge in [0.2, 0.25) is 0 Å². The zero-order valence-corrected chi connectivity index (χ0v) is 11.0. The lowest BCUT2D eigenvalue weighted by atomic mass is 9.93. The summed E-state index contributed by atoms with van der Waals surface area (Å²) < 4.78 is 32.0. The van der Waals surface area contributed by atoms with Gasteiger partial charge in [-0.3, -0.25) is 4.90 Å². The summed E-state index contributed by atoms with van der Waals surface area (Å²) in [7, 11) is -4.08. The van der Waals surface area contributed by atoms with Crippen molar-refractivity contribution in [3.63, 3.8) is 0 Å². The third-order valence-corrected chi connectivity index (χ3v) is 3.99. The van der Waals surface area contributed by atoms with E-state index in [1.54, 1.807) is 0 Å². The largest absolute Gasteiger partial charge is 0.748 e. The van der Waals surface area contributed by atoms with Crippen LogP contribution in [0.4, 0.5) is 0 Å². The van der Waals surface area contributed by atoms with Gasteiger partial charge in [-0.15, -0.1) is 0 Å². The number of nitrogens with zero attached hydrogens (tertiary/aromatic N) is 1. The van der Waals surface area contributed by atoms with Crippen LogP contribution < -0.4 is 0 Å². The average Bonchev–Trinajstić information content (AvgIpc) is 2.17. The smallest absolute Gasteiger partial charge is 0.0958 e. The Hall–Kier alpha value is -0.130. The van der Waals surface area contributed by atoms with E-state index in [1.165, 1.54) is 19.3 Å². The number of hydrogen-bond acceptors (Lipinski definition) is 4. The first-order valence-electron chi connectivity index (χ1n) is 6.09. The molecule has 0 spiro atoms.